The molecular weight excluding hydrogens is 188 g/mol. The van der Waals surface area contributed by atoms with Gasteiger partial charge in [-0.05, 0) is 43.4 Å². The Labute approximate surface area is 93.4 Å². The van der Waals surface area contributed by atoms with Crippen molar-refractivity contribution in [1.29, 1.82) is 0 Å². The third-order valence-electron chi connectivity index (χ3n) is 4.13. The van der Waals surface area contributed by atoms with Gasteiger partial charge in [0.15, 0.2) is 0 Å². The molecule has 0 radical (unpaired) electrons. The minimum Gasteiger partial charge on any atom is -0.466 e. The van der Waals surface area contributed by atoms with Crippen LogP contribution in [0.3, 0.4) is 0 Å². The van der Waals surface area contributed by atoms with E-state index in [-0.39, 0.29) is 5.97 Å². The highest BCUT2D eigenvalue weighted by Gasteiger charge is 2.49. The maximum absolute atomic E-state index is 9.82. The number of hydrogen-bond donors (Lipinski definition) is 0. The van der Waals surface area contributed by atoms with Crippen LogP contribution < -0.4 is 0 Å². The zero-order valence-electron chi connectivity index (χ0n) is 10.5. The van der Waals surface area contributed by atoms with Crippen LogP contribution in [0.15, 0.2) is 0 Å². The molecule has 2 bridgehead atoms. The van der Waals surface area contributed by atoms with Gasteiger partial charge < -0.3 is 4.74 Å². The first kappa shape index (κ1) is 12.5. The first-order chi connectivity index (χ1) is 6.98. The van der Waals surface area contributed by atoms with Crippen LogP contribution in [-0.2, 0) is 9.53 Å². The van der Waals surface area contributed by atoms with E-state index in [0.717, 1.165) is 17.3 Å². The zero-order chi connectivity index (χ0) is 11.5. The van der Waals surface area contributed by atoms with E-state index in [0.29, 0.717) is 6.61 Å². The normalized spacial score (nSPS) is 30.7. The standard InChI is InChI=1S/C9H16.C4H8O2/c1-9(2)7-4-3-5-8(9)6-7;1-3-6-4(2)5/h7-8H,3-6H2,1-2H3;3H2,1-2H3. The Balaban J connectivity index is 0.000000167. The molecule has 2 unspecified atom stereocenters. The van der Waals surface area contributed by atoms with Crippen molar-refractivity contribution in [3.63, 3.8) is 0 Å². The molecule has 88 valence electrons. The summed E-state index contributed by atoms with van der Waals surface area (Å²) in [6.07, 6.45) is 6.10. The van der Waals surface area contributed by atoms with Gasteiger partial charge in [-0.2, -0.15) is 0 Å². The maximum Gasteiger partial charge on any atom is 0.302 e. The number of fused-ring (bicyclic) bond motifs is 2. The second-order valence-electron chi connectivity index (χ2n) is 5.31. The Hall–Kier alpha value is -0.530. The van der Waals surface area contributed by atoms with Crippen LogP contribution in [0, 0.1) is 17.3 Å². The van der Waals surface area contributed by atoms with Crippen molar-refractivity contribution in [1.82, 2.24) is 0 Å². The van der Waals surface area contributed by atoms with E-state index in [1.807, 2.05) is 0 Å². The van der Waals surface area contributed by atoms with Crippen molar-refractivity contribution in [3.8, 4) is 0 Å². The van der Waals surface area contributed by atoms with Crippen LogP contribution in [-0.4, -0.2) is 12.6 Å². The van der Waals surface area contributed by atoms with Crippen molar-refractivity contribution in [3.05, 3.63) is 0 Å². The van der Waals surface area contributed by atoms with Gasteiger partial charge in [-0.15, -0.1) is 0 Å². The predicted molar refractivity (Wildman–Crippen MR) is 61.5 cm³/mol. The van der Waals surface area contributed by atoms with Crippen molar-refractivity contribution >= 4 is 5.97 Å². The number of esters is 1. The lowest BCUT2D eigenvalue weighted by molar-refractivity contribution is -0.140. The molecule has 3 aliphatic carbocycles. The van der Waals surface area contributed by atoms with Gasteiger partial charge in [0.2, 0.25) is 0 Å². The van der Waals surface area contributed by atoms with E-state index < -0.39 is 0 Å². The molecule has 3 rings (SSSR count). The molecule has 0 spiro atoms. The molecule has 0 aliphatic heterocycles. The number of ether oxygens (including phenoxy) is 1. The minimum atomic E-state index is -0.211. The second kappa shape index (κ2) is 5.00. The fourth-order valence-electron chi connectivity index (χ4n) is 2.92. The molecule has 3 saturated carbocycles. The van der Waals surface area contributed by atoms with E-state index in [1.165, 1.54) is 26.2 Å². The second-order valence-corrected chi connectivity index (χ2v) is 5.31. The summed E-state index contributed by atoms with van der Waals surface area (Å²) in [4.78, 5) is 9.82. The molecule has 0 aromatic rings. The van der Waals surface area contributed by atoms with E-state index >= 15 is 0 Å². The topological polar surface area (TPSA) is 26.3 Å². The van der Waals surface area contributed by atoms with Gasteiger partial charge in [-0.1, -0.05) is 20.3 Å². The van der Waals surface area contributed by atoms with E-state index in [2.05, 4.69) is 18.6 Å². The lowest BCUT2D eigenvalue weighted by Crippen LogP contribution is -2.47. The highest BCUT2D eigenvalue weighted by molar-refractivity contribution is 5.65. The Morgan fingerprint density at radius 3 is 2.00 bits per heavy atom. The molecule has 0 heterocycles. The maximum atomic E-state index is 9.82. The summed E-state index contributed by atoms with van der Waals surface area (Å²) in [7, 11) is 0. The van der Waals surface area contributed by atoms with Crippen molar-refractivity contribution < 1.29 is 9.53 Å². The molecule has 0 saturated heterocycles. The van der Waals surface area contributed by atoms with Gasteiger partial charge in [-0.25, -0.2) is 0 Å². The lowest BCUT2D eigenvalue weighted by Gasteiger charge is -2.56. The third kappa shape index (κ3) is 2.96. The monoisotopic (exact) mass is 212 g/mol. The molecule has 0 aromatic carbocycles. The quantitative estimate of drug-likeness (QED) is 0.623. The first-order valence-electron chi connectivity index (χ1n) is 6.11. The van der Waals surface area contributed by atoms with Gasteiger partial charge in [0.1, 0.15) is 0 Å². The molecule has 15 heavy (non-hydrogen) atoms. The Morgan fingerprint density at radius 2 is 1.87 bits per heavy atom. The number of rotatable bonds is 1. The van der Waals surface area contributed by atoms with Crippen LogP contribution in [0.25, 0.3) is 0 Å². The summed E-state index contributed by atoms with van der Waals surface area (Å²) in [5.41, 5.74) is 0.734. The molecule has 0 aromatic heterocycles. The number of hydrogen-bond acceptors (Lipinski definition) is 2. The van der Waals surface area contributed by atoms with Crippen LogP contribution in [0.2, 0.25) is 0 Å². The van der Waals surface area contributed by atoms with Gasteiger partial charge >= 0.3 is 5.97 Å². The van der Waals surface area contributed by atoms with Crippen molar-refractivity contribution in [2.75, 3.05) is 6.61 Å². The van der Waals surface area contributed by atoms with E-state index in [1.54, 1.807) is 13.3 Å². The summed E-state index contributed by atoms with van der Waals surface area (Å²) in [5, 5.41) is 0. The molecule has 3 fully saturated rings. The van der Waals surface area contributed by atoms with Crippen LogP contribution in [0.5, 0.6) is 0 Å². The van der Waals surface area contributed by atoms with Gasteiger partial charge in [-0.3, -0.25) is 4.79 Å². The summed E-state index contributed by atoms with van der Waals surface area (Å²) in [5.74, 6) is 1.98. The Bertz CT molecular complexity index is 205. The fourth-order valence-corrected chi connectivity index (χ4v) is 2.92. The predicted octanol–water partition coefficient (Wildman–Crippen LogP) is 3.40. The van der Waals surface area contributed by atoms with Crippen LogP contribution >= 0.6 is 0 Å². The Kier molecular flexibility index (Phi) is 4.18. The summed E-state index contributed by atoms with van der Waals surface area (Å²) >= 11 is 0. The van der Waals surface area contributed by atoms with Gasteiger partial charge in [0.25, 0.3) is 0 Å². The van der Waals surface area contributed by atoms with Crippen LogP contribution in [0.4, 0.5) is 0 Å². The number of carbonyl (C=O) groups excluding carboxylic acids is 1. The summed E-state index contributed by atoms with van der Waals surface area (Å²) in [6, 6.07) is 0. The summed E-state index contributed by atoms with van der Waals surface area (Å²) in [6.45, 7) is 8.55. The molecule has 3 aliphatic rings. The van der Waals surface area contributed by atoms with E-state index in [9.17, 15) is 4.79 Å². The minimum absolute atomic E-state index is 0.211. The van der Waals surface area contributed by atoms with Crippen molar-refractivity contribution in [2.24, 2.45) is 17.3 Å². The average molecular weight is 212 g/mol. The van der Waals surface area contributed by atoms with Crippen LogP contribution in [0.1, 0.15) is 53.4 Å². The molecular formula is C13H24O2. The Morgan fingerprint density at radius 1 is 1.33 bits per heavy atom. The highest BCUT2D eigenvalue weighted by Crippen LogP contribution is 2.58. The van der Waals surface area contributed by atoms with E-state index in [4.69, 9.17) is 0 Å². The van der Waals surface area contributed by atoms with Crippen molar-refractivity contribution in [2.45, 2.75) is 53.4 Å². The average Bonchev–Trinajstić information content (AvgIpc) is 2.19. The van der Waals surface area contributed by atoms with Gasteiger partial charge in [0.05, 0.1) is 6.61 Å². The first-order valence-corrected chi connectivity index (χ1v) is 6.11. The third-order valence-corrected chi connectivity index (χ3v) is 4.13. The summed E-state index contributed by atoms with van der Waals surface area (Å²) < 4.78 is 4.40. The number of carbonyl (C=O) groups is 1. The highest BCUT2D eigenvalue weighted by atomic mass is 16.5. The smallest absolute Gasteiger partial charge is 0.302 e. The fraction of sp³-hybridized carbons (Fsp3) is 0.923. The molecule has 0 amide bonds. The largest absolute Gasteiger partial charge is 0.466 e. The molecule has 2 atom stereocenters. The molecule has 2 heteroatoms. The lowest BCUT2D eigenvalue weighted by atomic mass is 9.49. The SMILES string of the molecule is CC1(C)C2CCCC1C2.CCOC(C)=O. The zero-order valence-corrected chi connectivity index (χ0v) is 10.5. The molecule has 0 N–H and O–H groups in total. The van der Waals surface area contributed by atoms with Gasteiger partial charge in [0, 0.05) is 6.92 Å². The molecule has 2 nitrogen and oxygen atoms in total.